The summed E-state index contributed by atoms with van der Waals surface area (Å²) in [6.07, 6.45) is 0. The lowest BCUT2D eigenvalue weighted by Gasteiger charge is -2.32. The average Bonchev–Trinajstić information content (AvgIpc) is 2.61. The van der Waals surface area contributed by atoms with E-state index in [1.54, 1.807) is 6.92 Å². The van der Waals surface area contributed by atoms with Gasteiger partial charge in [0.25, 0.3) is 5.69 Å². The number of nitro groups is 1. The van der Waals surface area contributed by atoms with E-state index in [0.717, 1.165) is 0 Å². The molecule has 25 heavy (non-hydrogen) atoms. The van der Waals surface area contributed by atoms with Crippen LogP contribution in [0.3, 0.4) is 0 Å². The van der Waals surface area contributed by atoms with Gasteiger partial charge in [-0.25, -0.2) is 9.59 Å². The van der Waals surface area contributed by atoms with Crippen molar-refractivity contribution in [2.45, 2.75) is 6.92 Å². The normalized spacial score (nSPS) is 14.3. The molecule has 0 radical (unpaired) electrons. The molecule has 1 aromatic rings. The first-order valence-corrected chi connectivity index (χ1v) is 7.39. The maximum atomic E-state index is 12.2. The van der Waals surface area contributed by atoms with Crippen molar-refractivity contribution in [3.63, 3.8) is 0 Å². The van der Waals surface area contributed by atoms with Crippen LogP contribution in [-0.2, 0) is 23.8 Å². The fraction of sp³-hybridized carbons (Fsp3) is 0.333. The topological polar surface area (TPSA) is 108 Å². The first kappa shape index (κ1) is 18.7. The number of rotatable bonds is 4. The Kier molecular flexibility index (Phi) is 5.60. The van der Waals surface area contributed by atoms with Crippen LogP contribution in [0.5, 0.6) is 0 Å². The van der Waals surface area contributed by atoms with Gasteiger partial charge in [0.2, 0.25) is 0 Å². The molecule has 1 aliphatic rings. The Labute approximate surface area is 147 Å². The van der Waals surface area contributed by atoms with Crippen LogP contribution in [0.15, 0.2) is 23.4 Å². The number of ether oxygens (including phenoxy) is 3. The first-order chi connectivity index (χ1) is 11.8. The number of methoxy groups -OCH3 is 2. The van der Waals surface area contributed by atoms with Gasteiger partial charge in [-0.3, -0.25) is 10.1 Å². The molecule has 1 heterocycles. The summed E-state index contributed by atoms with van der Waals surface area (Å²) in [5.74, 6) is -1.51. The number of halogens is 1. The summed E-state index contributed by atoms with van der Waals surface area (Å²) < 4.78 is 14.8. The van der Waals surface area contributed by atoms with Crippen molar-refractivity contribution in [3.05, 3.63) is 44.1 Å². The molecule has 0 N–H and O–H groups in total. The molecule has 134 valence electrons. The summed E-state index contributed by atoms with van der Waals surface area (Å²) in [4.78, 5) is 35.9. The maximum absolute atomic E-state index is 12.2. The molecule has 0 amide bonds. The van der Waals surface area contributed by atoms with Gasteiger partial charge in [-0.05, 0) is 18.6 Å². The van der Waals surface area contributed by atoms with Crippen molar-refractivity contribution in [1.29, 1.82) is 0 Å². The van der Waals surface area contributed by atoms with E-state index in [-0.39, 0.29) is 35.3 Å². The van der Waals surface area contributed by atoms with E-state index in [0.29, 0.717) is 11.3 Å². The molecule has 1 aliphatic heterocycles. The van der Waals surface area contributed by atoms with E-state index in [2.05, 4.69) is 4.74 Å². The van der Waals surface area contributed by atoms with E-state index in [4.69, 9.17) is 21.1 Å². The highest BCUT2D eigenvalue weighted by Crippen LogP contribution is 2.37. The van der Waals surface area contributed by atoms with E-state index >= 15 is 0 Å². The molecule has 0 aromatic heterocycles. The van der Waals surface area contributed by atoms with Crippen LogP contribution in [0.1, 0.15) is 5.56 Å². The number of carbonyl (C=O) groups excluding carboxylic acids is 2. The third-order valence-corrected chi connectivity index (χ3v) is 4.14. The van der Waals surface area contributed by atoms with Crippen LogP contribution in [-0.4, -0.2) is 44.4 Å². The van der Waals surface area contributed by atoms with Crippen molar-refractivity contribution in [2.24, 2.45) is 0 Å². The fourth-order valence-electron chi connectivity index (χ4n) is 2.43. The molecule has 2 rings (SSSR count). The van der Waals surface area contributed by atoms with Crippen molar-refractivity contribution < 1.29 is 28.7 Å². The molecule has 10 heteroatoms. The molecule has 0 aliphatic carbocycles. The summed E-state index contributed by atoms with van der Waals surface area (Å²) in [5.41, 5.74) is 0.379. The molecule has 0 unspecified atom stereocenters. The number of benzene rings is 1. The minimum atomic E-state index is -0.766. The van der Waals surface area contributed by atoms with Gasteiger partial charge in [-0.1, -0.05) is 11.6 Å². The van der Waals surface area contributed by atoms with Gasteiger partial charge in [0.05, 0.1) is 31.3 Å². The summed E-state index contributed by atoms with van der Waals surface area (Å²) in [7, 11) is 2.35. The van der Waals surface area contributed by atoms with Gasteiger partial charge in [0.15, 0.2) is 0 Å². The standard InChI is InChI=1S/C15H15ClN2O7/c1-8-10(4-5-11(12(8)16)18(21)22)17-7-25-6-9(14(19)23-2)13(17)15(20)24-3/h4-5H,6-7H2,1-3H3. The van der Waals surface area contributed by atoms with Gasteiger partial charge in [0.1, 0.15) is 17.5 Å². The van der Waals surface area contributed by atoms with Crippen LogP contribution >= 0.6 is 11.6 Å². The zero-order chi connectivity index (χ0) is 18.7. The SMILES string of the molecule is COC(=O)C1=C(C(=O)OC)N(c2ccc([N+](=O)[O-])c(Cl)c2C)COC1. The van der Waals surface area contributed by atoms with Crippen LogP contribution in [0, 0.1) is 17.0 Å². The number of hydrogen-bond donors (Lipinski definition) is 0. The zero-order valence-corrected chi connectivity index (χ0v) is 14.5. The van der Waals surface area contributed by atoms with E-state index < -0.39 is 16.9 Å². The summed E-state index contributed by atoms with van der Waals surface area (Å²) in [6, 6.07) is 2.64. The Morgan fingerprint density at radius 2 is 1.92 bits per heavy atom. The number of esters is 2. The number of anilines is 1. The van der Waals surface area contributed by atoms with E-state index in [1.807, 2.05) is 0 Å². The van der Waals surface area contributed by atoms with Gasteiger partial charge in [-0.2, -0.15) is 0 Å². The van der Waals surface area contributed by atoms with E-state index in [9.17, 15) is 19.7 Å². The lowest BCUT2D eigenvalue weighted by molar-refractivity contribution is -0.384. The van der Waals surface area contributed by atoms with Crippen LogP contribution < -0.4 is 4.90 Å². The molecule has 0 spiro atoms. The maximum Gasteiger partial charge on any atom is 0.355 e. The smallest absolute Gasteiger partial charge is 0.355 e. The third kappa shape index (κ3) is 3.42. The van der Waals surface area contributed by atoms with Crippen molar-refractivity contribution in [1.82, 2.24) is 0 Å². The second kappa shape index (κ2) is 7.49. The Bertz CT molecular complexity index is 775. The lowest BCUT2D eigenvalue weighted by atomic mass is 10.1. The number of carbonyl (C=O) groups is 2. The predicted molar refractivity (Wildman–Crippen MR) is 87.2 cm³/mol. The monoisotopic (exact) mass is 370 g/mol. The summed E-state index contributed by atoms with van der Waals surface area (Å²) in [6.45, 7) is 1.36. The van der Waals surface area contributed by atoms with Gasteiger partial charge < -0.3 is 19.1 Å². The molecule has 0 saturated carbocycles. The van der Waals surface area contributed by atoms with Crippen molar-refractivity contribution in [3.8, 4) is 0 Å². The van der Waals surface area contributed by atoms with Gasteiger partial charge >= 0.3 is 11.9 Å². The molecule has 0 bridgehead atoms. The fourth-order valence-corrected chi connectivity index (χ4v) is 2.66. The van der Waals surface area contributed by atoms with Crippen molar-refractivity contribution in [2.75, 3.05) is 32.5 Å². The Hall–Kier alpha value is -2.65. The van der Waals surface area contributed by atoms with Crippen LogP contribution in [0.2, 0.25) is 5.02 Å². The zero-order valence-electron chi connectivity index (χ0n) is 13.7. The summed E-state index contributed by atoms with van der Waals surface area (Å²) in [5, 5.41) is 10.9. The Balaban J connectivity index is 2.64. The molecular weight excluding hydrogens is 356 g/mol. The largest absolute Gasteiger partial charge is 0.466 e. The highest BCUT2D eigenvalue weighted by atomic mass is 35.5. The molecule has 0 fully saturated rings. The molecule has 9 nitrogen and oxygen atoms in total. The summed E-state index contributed by atoms with van der Waals surface area (Å²) >= 11 is 6.07. The molecule has 0 saturated heterocycles. The molecule has 1 aromatic carbocycles. The highest BCUT2D eigenvalue weighted by Gasteiger charge is 2.34. The highest BCUT2D eigenvalue weighted by molar-refractivity contribution is 6.33. The number of nitrogens with zero attached hydrogens (tertiary/aromatic N) is 2. The van der Waals surface area contributed by atoms with Gasteiger partial charge in [0, 0.05) is 11.8 Å². The second-order valence-corrected chi connectivity index (χ2v) is 5.39. The Morgan fingerprint density at radius 1 is 1.28 bits per heavy atom. The minimum absolute atomic E-state index is 0.0190. The average molecular weight is 371 g/mol. The quantitative estimate of drug-likeness (QED) is 0.449. The number of nitro benzene ring substituents is 1. The van der Waals surface area contributed by atoms with Crippen molar-refractivity contribution >= 4 is 34.9 Å². The van der Waals surface area contributed by atoms with Gasteiger partial charge in [-0.15, -0.1) is 0 Å². The molecule has 0 atom stereocenters. The lowest BCUT2D eigenvalue weighted by Crippen LogP contribution is -2.39. The third-order valence-electron chi connectivity index (χ3n) is 3.66. The predicted octanol–water partition coefficient (Wildman–Crippen LogP) is 1.95. The van der Waals surface area contributed by atoms with Crippen LogP contribution in [0.25, 0.3) is 0 Å². The number of hydrogen-bond acceptors (Lipinski definition) is 8. The second-order valence-electron chi connectivity index (χ2n) is 5.02. The molecular formula is C15H15ClN2O7. The first-order valence-electron chi connectivity index (χ1n) is 7.02. The van der Waals surface area contributed by atoms with E-state index in [1.165, 1.54) is 31.3 Å². The van der Waals surface area contributed by atoms with Crippen LogP contribution in [0.4, 0.5) is 11.4 Å². The minimum Gasteiger partial charge on any atom is -0.466 e. The Morgan fingerprint density at radius 3 is 2.48 bits per heavy atom.